The number of benzene rings is 2. The lowest BCUT2D eigenvalue weighted by Gasteiger charge is -2.34. The van der Waals surface area contributed by atoms with Crippen LogP contribution in [-0.4, -0.2) is 45.8 Å². The highest BCUT2D eigenvalue weighted by Crippen LogP contribution is 2.40. The van der Waals surface area contributed by atoms with Gasteiger partial charge in [0.2, 0.25) is 5.91 Å². The van der Waals surface area contributed by atoms with Gasteiger partial charge >= 0.3 is 12.1 Å². The number of halogens is 1. The maximum Gasteiger partial charge on any atom is 0.414 e. The number of ether oxygens (including phenoxy) is 1. The quantitative estimate of drug-likeness (QED) is 0.448. The van der Waals surface area contributed by atoms with E-state index in [9.17, 15) is 23.9 Å². The van der Waals surface area contributed by atoms with Crippen LogP contribution in [0.1, 0.15) is 68.9 Å². The van der Waals surface area contributed by atoms with Crippen molar-refractivity contribution in [1.82, 2.24) is 9.55 Å². The topological polar surface area (TPSA) is 114 Å². The van der Waals surface area contributed by atoms with Gasteiger partial charge in [-0.25, -0.2) is 14.2 Å². The molecule has 0 spiro atoms. The number of rotatable bonds is 5. The van der Waals surface area contributed by atoms with E-state index in [-0.39, 0.29) is 29.6 Å². The third-order valence-electron chi connectivity index (χ3n) is 8.02. The number of aryl methyl sites for hydroxylation is 1. The molecule has 2 aromatic carbocycles. The molecule has 1 fully saturated rings. The van der Waals surface area contributed by atoms with Gasteiger partial charge in [0.05, 0.1) is 35.4 Å². The predicted molar refractivity (Wildman–Crippen MR) is 145 cm³/mol. The number of carboxylic acids is 1. The highest BCUT2D eigenvalue weighted by Gasteiger charge is 2.33. The Morgan fingerprint density at radius 1 is 1.13 bits per heavy atom. The molecule has 10 heteroatoms. The first-order chi connectivity index (χ1) is 18.7. The first kappa shape index (κ1) is 26.6. The van der Waals surface area contributed by atoms with Crippen molar-refractivity contribution in [2.75, 3.05) is 17.3 Å². The molecule has 0 saturated heterocycles. The summed E-state index contributed by atoms with van der Waals surface area (Å²) in [4.78, 5) is 42.3. The van der Waals surface area contributed by atoms with Crippen molar-refractivity contribution in [1.29, 1.82) is 0 Å². The Hall–Kier alpha value is -3.95. The van der Waals surface area contributed by atoms with Crippen LogP contribution in [-0.2, 0) is 27.2 Å². The molecule has 3 aromatic rings. The fraction of sp³-hybridized carbons (Fsp3) is 0.448. The molecule has 1 atom stereocenters. The van der Waals surface area contributed by atoms with Crippen LogP contribution in [0.4, 0.5) is 20.6 Å². The van der Waals surface area contributed by atoms with Crippen molar-refractivity contribution in [3.63, 3.8) is 0 Å². The summed E-state index contributed by atoms with van der Waals surface area (Å²) in [5, 5.41) is 12.0. The van der Waals surface area contributed by atoms with Gasteiger partial charge in [-0.05, 0) is 75.3 Å². The summed E-state index contributed by atoms with van der Waals surface area (Å²) in [5.41, 5.74) is 4.32. The number of aliphatic carboxylic acids is 1. The van der Waals surface area contributed by atoms with E-state index in [1.165, 1.54) is 20.1 Å². The molecule has 0 unspecified atom stereocenters. The maximum absolute atomic E-state index is 14.8. The summed E-state index contributed by atoms with van der Waals surface area (Å²) in [6.45, 7) is 3.33. The number of nitrogens with zero attached hydrogens (tertiary/aromatic N) is 3. The molecule has 0 bridgehead atoms. The smallest absolute Gasteiger partial charge is 0.414 e. The van der Waals surface area contributed by atoms with Crippen LogP contribution < -0.4 is 10.2 Å². The number of hydrogen-bond acceptors (Lipinski definition) is 5. The average Bonchev–Trinajstić information content (AvgIpc) is 3.27. The van der Waals surface area contributed by atoms with E-state index in [2.05, 4.69) is 9.88 Å². The molecule has 1 aliphatic heterocycles. The number of imidazole rings is 1. The zero-order chi connectivity index (χ0) is 27.8. The Labute approximate surface area is 226 Å². The molecule has 5 rings (SSSR count). The lowest BCUT2D eigenvalue weighted by molar-refractivity contribution is -0.143. The molecule has 2 heterocycles. The van der Waals surface area contributed by atoms with Crippen LogP contribution in [0.5, 0.6) is 0 Å². The molecule has 2 amide bonds. The highest BCUT2D eigenvalue weighted by atomic mass is 19.1. The molecule has 39 heavy (non-hydrogen) atoms. The lowest BCUT2D eigenvalue weighted by Crippen LogP contribution is -2.42. The number of carboxylic acid groups (broad SMARTS) is 1. The van der Waals surface area contributed by atoms with Gasteiger partial charge < -0.3 is 19.7 Å². The van der Waals surface area contributed by atoms with Gasteiger partial charge in [-0.15, -0.1) is 0 Å². The minimum absolute atomic E-state index is 0.0136. The fourth-order valence-electron chi connectivity index (χ4n) is 6.08. The SMILES string of the molecule is COC(=O)N1c2ccc3c(nc(Cc4ccc(NC(C)=O)c(F)c4)n3C3CCC(C(=O)O)CC3)c2CC[C@@H]1C. The minimum Gasteiger partial charge on any atom is -0.481 e. The number of hydrogen-bond donors (Lipinski definition) is 2. The van der Waals surface area contributed by atoms with Crippen molar-refractivity contribution >= 4 is 40.4 Å². The Bertz CT molecular complexity index is 1440. The van der Waals surface area contributed by atoms with E-state index in [0.29, 0.717) is 37.7 Å². The second-order valence-corrected chi connectivity index (χ2v) is 10.6. The highest BCUT2D eigenvalue weighted by molar-refractivity contribution is 5.95. The van der Waals surface area contributed by atoms with Crippen molar-refractivity contribution in [2.24, 2.45) is 5.92 Å². The predicted octanol–water partition coefficient (Wildman–Crippen LogP) is 5.45. The fourth-order valence-corrected chi connectivity index (χ4v) is 6.08. The summed E-state index contributed by atoms with van der Waals surface area (Å²) >= 11 is 0. The van der Waals surface area contributed by atoms with Crippen molar-refractivity contribution < 1.29 is 28.6 Å². The number of carbonyl (C=O) groups is 3. The summed E-state index contributed by atoms with van der Waals surface area (Å²) in [6.07, 6.45) is 4.03. The maximum atomic E-state index is 14.8. The Morgan fingerprint density at radius 2 is 1.87 bits per heavy atom. The number of aromatic nitrogens is 2. The van der Waals surface area contributed by atoms with Gasteiger partial charge in [0, 0.05) is 31.0 Å². The van der Waals surface area contributed by atoms with Gasteiger partial charge in [-0.1, -0.05) is 6.07 Å². The van der Waals surface area contributed by atoms with Gasteiger partial charge in [-0.3, -0.25) is 14.5 Å². The lowest BCUT2D eigenvalue weighted by atomic mass is 9.85. The third-order valence-corrected chi connectivity index (χ3v) is 8.02. The molecule has 206 valence electrons. The van der Waals surface area contributed by atoms with E-state index in [0.717, 1.165) is 41.0 Å². The second-order valence-electron chi connectivity index (χ2n) is 10.6. The van der Waals surface area contributed by atoms with Crippen LogP contribution in [0.25, 0.3) is 11.0 Å². The molecule has 0 radical (unpaired) electrons. The molecule has 1 aliphatic carbocycles. The van der Waals surface area contributed by atoms with Gasteiger partial charge in [0.25, 0.3) is 0 Å². The van der Waals surface area contributed by atoms with Crippen LogP contribution in [0.2, 0.25) is 0 Å². The molecule has 2 aliphatic rings. The zero-order valence-electron chi connectivity index (χ0n) is 22.4. The standard InChI is InChI=1S/C29H33FN4O5/c1-16-4-10-21-24(33(16)29(38)39-3)12-13-25-27(21)32-26(34(25)20-8-6-19(7-9-20)28(36)37)15-18-5-11-23(22(30)14-18)31-17(2)35/h5,11-14,16,19-20H,4,6-10,15H2,1-3H3,(H,31,35)(H,36,37)/t16-,19?,20?/m0/s1. The second kappa shape index (κ2) is 10.7. The third kappa shape index (κ3) is 5.07. The van der Waals surface area contributed by atoms with Crippen LogP contribution in [0, 0.1) is 11.7 Å². The minimum atomic E-state index is -0.759. The summed E-state index contributed by atoms with van der Waals surface area (Å²) < 4.78 is 22.0. The number of methoxy groups -OCH3 is 1. The Morgan fingerprint density at radius 3 is 2.51 bits per heavy atom. The number of amides is 2. The molecule has 1 aromatic heterocycles. The summed E-state index contributed by atoms with van der Waals surface area (Å²) in [7, 11) is 1.37. The van der Waals surface area contributed by atoms with Crippen LogP contribution in [0.15, 0.2) is 30.3 Å². The van der Waals surface area contributed by atoms with E-state index >= 15 is 0 Å². The van der Waals surface area contributed by atoms with E-state index < -0.39 is 17.9 Å². The van der Waals surface area contributed by atoms with Crippen molar-refractivity contribution in [2.45, 2.75) is 70.9 Å². The van der Waals surface area contributed by atoms with E-state index in [4.69, 9.17) is 9.72 Å². The van der Waals surface area contributed by atoms with Crippen LogP contribution in [0.3, 0.4) is 0 Å². The summed E-state index contributed by atoms with van der Waals surface area (Å²) in [6, 6.07) is 8.69. The molecule has 9 nitrogen and oxygen atoms in total. The summed E-state index contributed by atoms with van der Waals surface area (Å²) in [5.74, 6) is -1.22. The number of carbonyl (C=O) groups excluding carboxylic acids is 2. The molecular formula is C29H33FN4O5. The number of nitrogens with one attached hydrogen (secondary N) is 1. The van der Waals surface area contributed by atoms with Gasteiger partial charge in [-0.2, -0.15) is 0 Å². The van der Waals surface area contributed by atoms with Gasteiger partial charge in [0.15, 0.2) is 0 Å². The Balaban J connectivity index is 1.59. The first-order valence-electron chi connectivity index (χ1n) is 13.4. The monoisotopic (exact) mass is 536 g/mol. The Kier molecular flexibility index (Phi) is 7.29. The molecular weight excluding hydrogens is 503 g/mol. The van der Waals surface area contributed by atoms with E-state index in [1.54, 1.807) is 17.0 Å². The van der Waals surface area contributed by atoms with E-state index in [1.807, 2.05) is 19.1 Å². The normalized spacial score (nSPS) is 20.9. The van der Waals surface area contributed by atoms with Gasteiger partial charge in [0.1, 0.15) is 11.6 Å². The molecule has 2 N–H and O–H groups in total. The zero-order valence-corrected chi connectivity index (χ0v) is 22.4. The molecule has 1 saturated carbocycles. The average molecular weight is 537 g/mol. The van der Waals surface area contributed by atoms with Crippen molar-refractivity contribution in [3.8, 4) is 0 Å². The largest absolute Gasteiger partial charge is 0.481 e. The van der Waals surface area contributed by atoms with Crippen molar-refractivity contribution in [3.05, 3.63) is 53.1 Å². The number of anilines is 2. The first-order valence-corrected chi connectivity index (χ1v) is 13.4. The van der Waals surface area contributed by atoms with Crippen LogP contribution >= 0.6 is 0 Å². The number of fused-ring (bicyclic) bond motifs is 3.